The molecule has 0 fully saturated rings. The van der Waals surface area contributed by atoms with E-state index in [1.165, 1.54) is 0 Å². The van der Waals surface area contributed by atoms with Crippen molar-refractivity contribution in [2.45, 2.75) is 20.3 Å². The van der Waals surface area contributed by atoms with Crippen LogP contribution in [-0.2, 0) is 11.2 Å². The lowest BCUT2D eigenvalue weighted by atomic mass is 9.99. The summed E-state index contributed by atoms with van der Waals surface area (Å²) in [6.07, 6.45) is 0.724. The molecule has 0 atom stereocenters. The third-order valence-electron chi connectivity index (χ3n) is 3.70. The van der Waals surface area contributed by atoms with Crippen LogP contribution in [0.4, 0.5) is 0 Å². The van der Waals surface area contributed by atoms with Crippen LogP contribution in [0.2, 0.25) is 0 Å². The number of hydrogen-bond donors (Lipinski definition) is 1. The first kappa shape index (κ1) is 15.7. The monoisotopic (exact) mass is 323 g/mol. The van der Waals surface area contributed by atoms with Crippen LogP contribution in [0.5, 0.6) is 5.75 Å². The highest BCUT2D eigenvalue weighted by Crippen LogP contribution is 2.35. The molecule has 1 aromatic heterocycles. The average Bonchev–Trinajstić information content (AvgIpc) is 2.93. The normalized spacial score (nSPS) is 10.8. The number of carbonyl (C=O) groups excluding carboxylic acids is 1. The van der Waals surface area contributed by atoms with Crippen molar-refractivity contribution >= 4 is 17.0 Å². The summed E-state index contributed by atoms with van der Waals surface area (Å²) in [5.74, 6) is 0.0586. The summed E-state index contributed by atoms with van der Waals surface area (Å²) in [6.45, 7) is 7.24. The minimum absolute atomic E-state index is 0.338. The Morgan fingerprint density at radius 1 is 1.25 bits per heavy atom. The first-order chi connectivity index (χ1) is 11.5. The Hall–Kier alpha value is -3.15. The molecule has 0 amide bonds. The Morgan fingerprint density at radius 2 is 2.00 bits per heavy atom. The van der Waals surface area contributed by atoms with Gasteiger partial charge >= 0.3 is 5.97 Å². The molecule has 0 aliphatic carbocycles. The van der Waals surface area contributed by atoms with Gasteiger partial charge in [-0.2, -0.15) is 0 Å². The van der Waals surface area contributed by atoms with Gasteiger partial charge in [0.15, 0.2) is 0 Å². The molecule has 2 aromatic carbocycles. The molecule has 6 nitrogen and oxygen atoms in total. The molecular formula is C18H17N3O3. The molecule has 3 rings (SSSR count). The zero-order valence-corrected chi connectivity index (χ0v) is 13.5. The van der Waals surface area contributed by atoms with Gasteiger partial charge in [-0.3, -0.25) is 0 Å². The Bertz CT molecular complexity index is 944. The van der Waals surface area contributed by atoms with Gasteiger partial charge in [0.25, 0.3) is 0 Å². The molecule has 0 radical (unpaired) electrons. The molecule has 0 saturated heterocycles. The molecule has 6 heteroatoms. The summed E-state index contributed by atoms with van der Waals surface area (Å²) < 4.78 is 5.57. The molecule has 122 valence electrons. The van der Waals surface area contributed by atoms with Crippen LogP contribution in [-0.4, -0.2) is 26.3 Å². The van der Waals surface area contributed by atoms with E-state index < -0.39 is 5.97 Å². The quantitative estimate of drug-likeness (QED) is 0.345. The number of rotatable bonds is 4. The molecule has 0 spiro atoms. The van der Waals surface area contributed by atoms with Gasteiger partial charge in [-0.15, -0.1) is 10.2 Å². The van der Waals surface area contributed by atoms with E-state index in [2.05, 4.69) is 16.8 Å². The minimum atomic E-state index is -0.459. The van der Waals surface area contributed by atoms with Gasteiger partial charge < -0.3 is 9.94 Å². The lowest BCUT2D eigenvalue weighted by Gasteiger charge is -2.14. The second-order valence-electron chi connectivity index (χ2n) is 5.49. The van der Waals surface area contributed by atoms with Crippen molar-refractivity contribution in [2.24, 2.45) is 0 Å². The summed E-state index contributed by atoms with van der Waals surface area (Å²) in [7, 11) is 0. The molecule has 0 aliphatic heterocycles. The fraction of sp³-hybridized carbons (Fsp3) is 0.167. The van der Waals surface area contributed by atoms with Crippen molar-refractivity contribution in [3.8, 4) is 16.9 Å². The predicted molar refractivity (Wildman–Crippen MR) is 90.0 cm³/mol. The molecule has 0 aliphatic rings. The Kier molecular flexibility index (Phi) is 4.04. The molecule has 0 saturated carbocycles. The standard InChI is InChI=1S/C18H17N3O3/c1-4-12-6-5-7-14(17(12)24-18(22)11(2)3)13-8-9-15-16(10-13)20-21(23)19-15/h5-10,23H,2,4H2,1,3H3. The lowest BCUT2D eigenvalue weighted by Crippen LogP contribution is -2.10. The topological polar surface area (TPSA) is 77.2 Å². The maximum absolute atomic E-state index is 12.0. The van der Waals surface area contributed by atoms with Gasteiger partial charge in [0.2, 0.25) is 0 Å². The first-order valence-corrected chi connectivity index (χ1v) is 7.56. The smallest absolute Gasteiger partial charge is 0.338 e. The highest BCUT2D eigenvalue weighted by molar-refractivity contribution is 5.91. The molecular weight excluding hydrogens is 306 g/mol. The maximum atomic E-state index is 12.0. The van der Waals surface area contributed by atoms with Crippen molar-refractivity contribution in [3.63, 3.8) is 0 Å². The molecule has 1 heterocycles. The fourth-order valence-electron chi connectivity index (χ4n) is 2.46. The number of nitrogens with zero attached hydrogens (tertiary/aromatic N) is 3. The van der Waals surface area contributed by atoms with E-state index in [0.29, 0.717) is 27.3 Å². The highest BCUT2D eigenvalue weighted by atomic mass is 16.5. The number of ether oxygens (including phenoxy) is 1. The number of carbonyl (C=O) groups is 1. The van der Waals surface area contributed by atoms with Gasteiger partial charge in [0.05, 0.1) is 0 Å². The van der Waals surface area contributed by atoms with E-state index in [0.717, 1.165) is 23.1 Å². The van der Waals surface area contributed by atoms with Crippen LogP contribution in [0.1, 0.15) is 19.4 Å². The van der Waals surface area contributed by atoms with Crippen LogP contribution in [0, 0.1) is 0 Å². The molecule has 0 bridgehead atoms. The van der Waals surface area contributed by atoms with Gasteiger partial charge in [-0.25, -0.2) is 4.79 Å². The van der Waals surface area contributed by atoms with Crippen molar-refractivity contribution < 1.29 is 14.7 Å². The number of para-hydroxylation sites is 1. The van der Waals surface area contributed by atoms with Crippen LogP contribution in [0.25, 0.3) is 22.2 Å². The summed E-state index contributed by atoms with van der Waals surface area (Å²) in [6, 6.07) is 11.1. The van der Waals surface area contributed by atoms with E-state index in [1.54, 1.807) is 19.1 Å². The van der Waals surface area contributed by atoms with Gasteiger partial charge in [0.1, 0.15) is 16.8 Å². The number of aryl methyl sites for hydroxylation is 1. The fourth-order valence-corrected chi connectivity index (χ4v) is 2.46. The predicted octanol–water partition coefficient (Wildman–Crippen LogP) is 3.38. The van der Waals surface area contributed by atoms with Gasteiger partial charge in [-0.05, 0) is 41.6 Å². The minimum Gasteiger partial charge on any atom is -0.422 e. The van der Waals surface area contributed by atoms with Crippen LogP contribution >= 0.6 is 0 Å². The molecule has 24 heavy (non-hydrogen) atoms. The second-order valence-corrected chi connectivity index (χ2v) is 5.49. The van der Waals surface area contributed by atoms with Gasteiger partial charge in [0, 0.05) is 11.1 Å². The number of esters is 1. The van der Waals surface area contributed by atoms with E-state index in [1.807, 2.05) is 31.2 Å². The maximum Gasteiger partial charge on any atom is 0.338 e. The Morgan fingerprint density at radius 3 is 2.71 bits per heavy atom. The van der Waals surface area contributed by atoms with Crippen LogP contribution in [0.15, 0.2) is 48.6 Å². The van der Waals surface area contributed by atoms with Crippen molar-refractivity contribution in [1.29, 1.82) is 0 Å². The summed E-state index contributed by atoms with van der Waals surface area (Å²) in [5, 5.41) is 17.1. The highest BCUT2D eigenvalue weighted by Gasteiger charge is 2.16. The van der Waals surface area contributed by atoms with Crippen molar-refractivity contribution in [2.75, 3.05) is 0 Å². The number of benzene rings is 2. The Labute approximate surface area is 138 Å². The Balaban J connectivity index is 2.14. The third kappa shape index (κ3) is 2.86. The molecule has 0 unspecified atom stereocenters. The number of fused-ring (bicyclic) bond motifs is 1. The van der Waals surface area contributed by atoms with Crippen LogP contribution < -0.4 is 4.74 Å². The lowest BCUT2D eigenvalue weighted by molar-refractivity contribution is -0.130. The van der Waals surface area contributed by atoms with Crippen molar-refractivity contribution in [3.05, 3.63) is 54.1 Å². The van der Waals surface area contributed by atoms with Crippen molar-refractivity contribution in [1.82, 2.24) is 15.2 Å². The largest absolute Gasteiger partial charge is 0.422 e. The summed E-state index contributed by atoms with van der Waals surface area (Å²) in [4.78, 5) is 12.5. The average molecular weight is 323 g/mol. The molecule has 3 aromatic rings. The number of aromatic nitrogens is 3. The second kappa shape index (κ2) is 6.16. The van der Waals surface area contributed by atoms with E-state index in [9.17, 15) is 10.0 Å². The van der Waals surface area contributed by atoms with E-state index >= 15 is 0 Å². The SMILES string of the molecule is C=C(C)C(=O)Oc1c(CC)cccc1-c1ccc2nn(O)nc2c1. The van der Waals surface area contributed by atoms with Crippen LogP contribution in [0.3, 0.4) is 0 Å². The first-order valence-electron chi connectivity index (χ1n) is 7.56. The number of hydrogen-bond acceptors (Lipinski definition) is 5. The van der Waals surface area contributed by atoms with Gasteiger partial charge in [-0.1, -0.05) is 37.8 Å². The van der Waals surface area contributed by atoms with E-state index in [4.69, 9.17) is 4.74 Å². The van der Waals surface area contributed by atoms with E-state index in [-0.39, 0.29) is 0 Å². The zero-order valence-electron chi connectivity index (χ0n) is 13.5. The zero-order chi connectivity index (χ0) is 17.3. The third-order valence-corrected chi connectivity index (χ3v) is 3.70. The summed E-state index contributed by atoms with van der Waals surface area (Å²) >= 11 is 0. The summed E-state index contributed by atoms with van der Waals surface area (Å²) in [5.41, 5.74) is 3.99. The molecule has 1 N–H and O–H groups in total.